The molecular formula is C23H21F3N2O6. The first-order chi connectivity index (χ1) is 16.2. The minimum Gasteiger partial charge on any atom is -0.496 e. The molecule has 0 N–H and O–H groups in total. The van der Waals surface area contributed by atoms with Crippen LogP contribution in [0.1, 0.15) is 26.4 Å². The zero-order valence-corrected chi connectivity index (χ0v) is 18.5. The summed E-state index contributed by atoms with van der Waals surface area (Å²) in [5, 5.41) is 4.46. The second-order valence-corrected chi connectivity index (χ2v) is 6.94. The second-order valence-electron chi connectivity index (χ2n) is 6.94. The van der Waals surface area contributed by atoms with Gasteiger partial charge in [-0.2, -0.15) is 18.3 Å². The van der Waals surface area contributed by atoms with Crippen LogP contribution in [-0.2, 0) is 20.8 Å². The molecule has 0 radical (unpaired) electrons. The third kappa shape index (κ3) is 5.37. The van der Waals surface area contributed by atoms with Crippen molar-refractivity contribution in [2.75, 3.05) is 27.9 Å². The van der Waals surface area contributed by atoms with E-state index in [4.69, 9.17) is 18.9 Å². The van der Waals surface area contributed by atoms with E-state index in [0.717, 1.165) is 14.2 Å². The molecular weight excluding hydrogens is 457 g/mol. The van der Waals surface area contributed by atoms with Gasteiger partial charge in [0.05, 0.1) is 33.6 Å². The number of methoxy groups -OCH3 is 3. The number of halogens is 3. The molecule has 11 heteroatoms. The van der Waals surface area contributed by atoms with E-state index in [2.05, 4.69) is 5.10 Å². The predicted molar refractivity (Wildman–Crippen MR) is 114 cm³/mol. The molecule has 0 spiro atoms. The number of para-hydroxylation sites is 1. The van der Waals surface area contributed by atoms with E-state index in [9.17, 15) is 22.8 Å². The average Bonchev–Trinajstić information content (AvgIpc) is 3.23. The van der Waals surface area contributed by atoms with E-state index < -0.39 is 31.3 Å². The van der Waals surface area contributed by atoms with E-state index in [1.807, 2.05) is 0 Å². The van der Waals surface area contributed by atoms with Gasteiger partial charge in [0.15, 0.2) is 5.69 Å². The zero-order chi connectivity index (χ0) is 24.9. The Kier molecular flexibility index (Phi) is 7.57. The topological polar surface area (TPSA) is 88.9 Å². The molecule has 0 aliphatic heterocycles. The number of nitrogens with zero attached hydrogens (tertiary/aromatic N) is 2. The van der Waals surface area contributed by atoms with Crippen LogP contribution in [0.3, 0.4) is 0 Å². The van der Waals surface area contributed by atoms with Gasteiger partial charge in [-0.15, -0.1) is 0 Å². The molecule has 0 fully saturated rings. The van der Waals surface area contributed by atoms with E-state index in [0.29, 0.717) is 11.3 Å². The predicted octanol–water partition coefficient (Wildman–Crippen LogP) is 4.20. The fourth-order valence-electron chi connectivity index (χ4n) is 3.27. The summed E-state index contributed by atoms with van der Waals surface area (Å²) < 4.78 is 58.6. The second kappa shape index (κ2) is 10.4. The fraction of sp³-hybridized carbons (Fsp3) is 0.261. The Balaban J connectivity index is 2.18. The zero-order valence-electron chi connectivity index (χ0n) is 18.5. The molecule has 0 saturated carbocycles. The van der Waals surface area contributed by atoms with Crippen LogP contribution in [0.25, 0.3) is 16.9 Å². The van der Waals surface area contributed by atoms with Crippen molar-refractivity contribution >= 4 is 11.9 Å². The third-order valence-corrected chi connectivity index (χ3v) is 4.73. The molecule has 0 unspecified atom stereocenters. The van der Waals surface area contributed by atoms with Gasteiger partial charge in [-0.3, -0.25) is 0 Å². The number of aromatic nitrogens is 2. The van der Waals surface area contributed by atoms with Crippen LogP contribution in [0, 0.1) is 0 Å². The Morgan fingerprint density at radius 2 is 1.65 bits per heavy atom. The third-order valence-electron chi connectivity index (χ3n) is 4.73. The lowest BCUT2D eigenvalue weighted by Gasteiger charge is -2.12. The normalized spacial score (nSPS) is 11.2. The molecule has 0 aliphatic carbocycles. The van der Waals surface area contributed by atoms with E-state index in [1.165, 1.54) is 23.9 Å². The Morgan fingerprint density at radius 1 is 0.971 bits per heavy atom. The number of esters is 2. The highest BCUT2D eigenvalue weighted by Crippen LogP contribution is 2.32. The number of alkyl halides is 3. The van der Waals surface area contributed by atoms with Crippen LogP contribution in [0.15, 0.2) is 48.5 Å². The summed E-state index contributed by atoms with van der Waals surface area (Å²) in [5.74, 6) is -1.39. The summed E-state index contributed by atoms with van der Waals surface area (Å²) in [4.78, 5) is 25.4. The fourth-order valence-corrected chi connectivity index (χ4v) is 3.27. The molecule has 3 rings (SSSR count). The molecule has 34 heavy (non-hydrogen) atoms. The van der Waals surface area contributed by atoms with Crippen molar-refractivity contribution < 1.29 is 41.7 Å². The largest absolute Gasteiger partial charge is 0.496 e. The van der Waals surface area contributed by atoms with Crippen LogP contribution in [0.5, 0.6) is 5.75 Å². The van der Waals surface area contributed by atoms with Gasteiger partial charge < -0.3 is 18.9 Å². The summed E-state index contributed by atoms with van der Waals surface area (Å²) >= 11 is 0. The van der Waals surface area contributed by atoms with Gasteiger partial charge >= 0.3 is 18.1 Å². The molecule has 0 atom stereocenters. The number of benzene rings is 2. The standard InChI is InChI=1S/C23H21F3N2O6/c1-31-17-10-9-14(11-15(17)12-34-13-23(24,25)26)19-18(21(29)32-2)20(22(30)33-3)28(27-19)16-7-5-4-6-8-16/h4-11H,12-13H2,1-3H3. The molecule has 1 aromatic heterocycles. The van der Waals surface area contributed by atoms with Crippen molar-refractivity contribution in [3.63, 3.8) is 0 Å². The quantitative estimate of drug-likeness (QED) is 0.449. The lowest BCUT2D eigenvalue weighted by molar-refractivity contribution is -0.176. The van der Waals surface area contributed by atoms with Gasteiger partial charge in [-0.1, -0.05) is 18.2 Å². The molecule has 8 nitrogen and oxygen atoms in total. The van der Waals surface area contributed by atoms with Gasteiger partial charge in [0.25, 0.3) is 0 Å². The van der Waals surface area contributed by atoms with E-state index >= 15 is 0 Å². The van der Waals surface area contributed by atoms with Crippen LogP contribution in [-0.4, -0.2) is 55.8 Å². The Bertz CT molecular complexity index is 1180. The Hall–Kier alpha value is -3.86. The van der Waals surface area contributed by atoms with E-state index in [1.54, 1.807) is 36.4 Å². The smallest absolute Gasteiger partial charge is 0.411 e. The van der Waals surface area contributed by atoms with Crippen molar-refractivity contribution in [2.24, 2.45) is 0 Å². The SMILES string of the molecule is COC(=O)c1c(-c2ccc(OC)c(COCC(F)(F)F)c2)nn(-c2ccccc2)c1C(=O)OC. The number of rotatable bonds is 8. The monoisotopic (exact) mass is 478 g/mol. The highest BCUT2D eigenvalue weighted by atomic mass is 19.4. The first-order valence-electron chi connectivity index (χ1n) is 9.87. The lowest BCUT2D eigenvalue weighted by atomic mass is 10.0. The number of carbonyl (C=O) groups is 2. The van der Waals surface area contributed by atoms with Crippen molar-refractivity contribution in [3.05, 3.63) is 65.4 Å². The van der Waals surface area contributed by atoms with Crippen LogP contribution < -0.4 is 4.74 Å². The number of ether oxygens (including phenoxy) is 4. The maximum atomic E-state index is 12.7. The molecule has 180 valence electrons. The molecule has 0 amide bonds. The average molecular weight is 478 g/mol. The van der Waals surface area contributed by atoms with E-state index in [-0.39, 0.29) is 28.3 Å². The lowest BCUT2D eigenvalue weighted by Crippen LogP contribution is -2.16. The van der Waals surface area contributed by atoms with Crippen LogP contribution >= 0.6 is 0 Å². The molecule has 0 aliphatic rings. The molecule has 0 saturated heterocycles. The number of hydrogen-bond acceptors (Lipinski definition) is 7. The van der Waals surface area contributed by atoms with Gasteiger partial charge in [0, 0.05) is 11.1 Å². The first-order valence-corrected chi connectivity index (χ1v) is 9.87. The van der Waals surface area contributed by atoms with Gasteiger partial charge in [-0.05, 0) is 30.3 Å². The molecule has 1 heterocycles. The Morgan fingerprint density at radius 3 is 2.24 bits per heavy atom. The van der Waals surface area contributed by atoms with Gasteiger partial charge in [0.2, 0.25) is 0 Å². The molecule has 2 aromatic carbocycles. The summed E-state index contributed by atoms with van der Waals surface area (Å²) in [5.41, 5.74) is 0.824. The van der Waals surface area contributed by atoms with Crippen LogP contribution in [0.2, 0.25) is 0 Å². The van der Waals surface area contributed by atoms with Crippen molar-refractivity contribution in [1.82, 2.24) is 9.78 Å². The van der Waals surface area contributed by atoms with Crippen molar-refractivity contribution in [1.29, 1.82) is 0 Å². The Labute approximate surface area is 192 Å². The summed E-state index contributed by atoms with van der Waals surface area (Å²) in [6, 6.07) is 13.1. The summed E-state index contributed by atoms with van der Waals surface area (Å²) in [6.07, 6.45) is -4.49. The van der Waals surface area contributed by atoms with Crippen LogP contribution in [0.4, 0.5) is 13.2 Å². The first kappa shape index (κ1) is 24.8. The number of hydrogen-bond donors (Lipinski definition) is 0. The minimum atomic E-state index is -4.49. The minimum absolute atomic E-state index is 0.0656. The summed E-state index contributed by atoms with van der Waals surface area (Å²) in [6.45, 7) is -1.85. The highest BCUT2D eigenvalue weighted by molar-refractivity contribution is 6.06. The van der Waals surface area contributed by atoms with Gasteiger partial charge in [0.1, 0.15) is 23.6 Å². The maximum absolute atomic E-state index is 12.7. The number of carbonyl (C=O) groups excluding carboxylic acids is 2. The van der Waals surface area contributed by atoms with Gasteiger partial charge in [-0.25, -0.2) is 14.3 Å². The molecule has 0 bridgehead atoms. The highest BCUT2D eigenvalue weighted by Gasteiger charge is 2.32. The van der Waals surface area contributed by atoms with Crippen molar-refractivity contribution in [3.8, 4) is 22.7 Å². The molecule has 3 aromatic rings. The maximum Gasteiger partial charge on any atom is 0.411 e. The van der Waals surface area contributed by atoms with Crippen molar-refractivity contribution in [2.45, 2.75) is 12.8 Å². The summed E-state index contributed by atoms with van der Waals surface area (Å²) in [7, 11) is 3.67.